The molecule has 126 heavy (non-hydrogen) atoms. The number of anilines is 18. The average Bonchev–Trinajstić information content (AvgIpc) is 1.36. The van der Waals surface area contributed by atoms with Crippen LogP contribution in [0.4, 0.5) is 102 Å². The molecule has 6 nitrogen and oxygen atoms in total. The summed E-state index contributed by atoms with van der Waals surface area (Å²) < 4.78 is 9.94. The van der Waals surface area contributed by atoms with Crippen molar-refractivity contribution in [3.8, 4) is 22.3 Å². The molecule has 4 aromatic heterocycles. The lowest BCUT2D eigenvalue weighted by atomic mass is 9.30. The third-order valence-corrected chi connectivity index (χ3v) is 31.1. The molecule has 4 aliphatic heterocycles. The molecule has 0 fully saturated rings. The number of fused-ring (bicyclic) bond motifs is 20. The largest absolute Gasteiger partial charge is 0.311 e. The molecule has 0 radical (unpaired) electrons. The van der Waals surface area contributed by atoms with E-state index < -0.39 is 0 Å². The van der Waals surface area contributed by atoms with Gasteiger partial charge < -0.3 is 29.4 Å². The van der Waals surface area contributed by atoms with Gasteiger partial charge in [0.2, 0.25) is 0 Å². The molecule has 0 bridgehead atoms. The van der Waals surface area contributed by atoms with Crippen LogP contribution >= 0.6 is 45.3 Å². The molecule has 0 saturated carbocycles. The summed E-state index contributed by atoms with van der Waals surface area (Å²) in [7, 11) is 0. The Bertz CT molecular complexity index is 8380. The molecule has 0 amide bonds. The third-order valence-electron chi connectivity index (χ3n) is 26.5. The summed E-state index contributed by atoms with van der Waals surface area (Å²) in [6, 6.07) is 161. The predicted molar refractivity (Wildman–Crippen MR) is 546 cm³/mol. The van der Waals surface area contributed by atoms with Crippen molar-refractivity contribution in [2.75, 3.05) is 29.4 Å². The van der Waals surface area contributed by atoms with Crippen LogP contribution in [0.3, 0.4) is 0 Å². The lowest BCUT2D eigenvalue weighted by molar-refractivity contribution is 1.22. The zero-order chi connectivity index (χ0) is 82.3. The highest BCUT2D eigenvalue weighted by Gasteiger charge is 2.50. The first-order valence-corrected chi connectivity index (χ1v) is 46.4. The number of nitrogens with zero attached hydrogens (tertiary/aromatic N) is 6. The molecule has 0 N–H and O–H groups in total. The Hall–Kier alpha value is -15.0. The first-order chi connectivity index (χ1) is 62.6. The first kappa shape index (κ1) is 71.6. The highest BCUT2D eigenvalue weighted by Crippen LogP contribution is 2.59. The van der Waals surface area contributed by atoms with Crippen LogP contribution in [0, 0.1) is 0 Å². The minimum absolute atomic E-state index is 0.284. The summed E-state index contributed by atoms with van der Waals surface area (Å²) in [5, 5.41) is 9.83. The zero-order valence-electron chi connectivity index (χ0n) is 67.9. The van der Waals surface area contributed by atoms with E-state index in [0.29, 0.717) is 0 Å². The topological polar surface area (TPSA) is 19.4 Å². The van der Waals surface area contributed by atoms with E-state index in [1.807, 2.05) is 45.3 Å². The molecule has 8 heterocycles. The van der Waals surface area contributed by atoms with E-state index >= 15 is 0 Å². The Balaban J connectivity index is 0.818. The molecule has 27 rings (SSSR count). The summed E-state index contributed by atoms with van der Waals surface area (Å²) in [6.45, 7) is -0.601. The lowest BCUT2D eigenvalue weighted by Crippen LogP contribution is -2.65. The highest BCUT2D eigenvalue weighted by atomic mass is 32.1. The second-order valence-corrected chi connectivity index (χ2v) is 37.5. The van der Waals surface area contributed by atoms with Crippen LogP contribution in [-0.2, 0) is 0 Å². The van der Waals surface area contributed by atoms with Gasteiger partial charge in [-0.05, 0) is 196 Å². The number of hydrogen-bond donors (Lipinski definition) is 0. The molecular weight excluding hydrogens is 1600 g/mol. The van der Waals surface area contributed by atoms with E-state index in [1.165, 1.54) is 113 Å². The van der Waals surface area contributed by atoms with Crippen molar-refractivity contribution < 1.29 is 0 Å². The molecule has 0 saturated heterocycles. The van der Waals surface area contributed by atoms with Gasteiger partial charge in [-0.15, -0.1) is 45.3 Å². The summed E-state index contributed by atoms with van der Waals surface area (Å²) in [6.07, 6.45) is 0. The highest BCUT2D eigenvalue weighted by molar-refractivity contribution is 7.27. The van der Waals surface area contributed by atoms with Gasteiger partial charge in [0.1, 0.15) is 0 Å². The van der Waals surface area contributed by atoms with E-state index in [0.717, 1.165) is 125 Å². The number of thiophene rings is 4. The van der Waals surface area contributed by atoms with Gasteiger partial charge in [0.15, 0.2) is 0 Å². The average molecular weight is 1670 g/mol. The van der Waals surface area contributed by atoms with Gasteiger partial charge in [-0.2, -0.15) is 0 Å². The Morgan fingerprint density at radius 3 is 0.968 bits per heavy atom. The van der Waals surface area contributed by atoms with Crippen LogP contribution in [0.5, 0.6) is 0 Å². The van der Waals surface area contributed by atoms with Gasteiger partial charge in [-0.1, -0.05) is 273 Å². The number of hydrogen-bond acceptors (Lipinski definition) is 10. The molecule has 23 aromatic rings. The standard InChI is InChI=1S/C114H70B2N6S4/c1-6-33-71(34-7-1)78-47-28-48-79(72-35-8-2-9-36-72)114(78)118(74-39-12-4-13-40-74)77-67-97-113-99(68-77)122(93-56-32-64-107-111(93)83-46-19-27-60-103(83)126-107)95-70-94-86(69-87(95)116(113)85-50-21-23-52-89(85)120(97)91-54-30-62-105-109(91)81-44-17-25-58-101(81)124-105)115-84-49-20-22-51-88(84)119(75-41-14-5-15-42-75)96-65-76(66-98(112(96)115)121(94)92-55-31-63-106-110(92)82-45-18-26-59-102(82)125-106)117(73-37-10-3-11-38-73)90-53-29-61-104-108(90)80-43-16-24-57-100(80)123-104/h1-70H. The van der Waals surface area contributed by atoms with Crippen molar-refractivity contribution in [1.29, 1.82) is 0 Å². The fraction of sp³-hybridized carbons (Fsp3) is 0. The number of benzene rings is 19. The molecule has 0 spiro atoms. The van der Waals surface area contributed by atoms with Crippen molar-refractivity contribution in [2.45, 2.75) is 0 Å². The first-order valence-electron chi connectivity index (χ1n) is 43.1. The third kappa shape index (κ3) is 10.7. The Morgan fingerprint density at radius 1 is 0.198 bits per heavy atom. The van der Waals surface area contributed by atoms with E-state index in [-0.39, 0.29) is 13.4 Å². The van der Waals surface area contributed by atoms with Crippen molar-refractivity contribution in [1.82, 2.24) is 0 Å². The molecule has 4 aliphatic rings. The second-order valence-electron chi connectivity index (χ2n) is 33.2. The van der Waals surface area contributed by atoms with E-state index in [2.05, 4.69) is 454 Å². The normalized spacial score (nSPS) is 13.0. The molecule has 0 atom stereocenters. The predicted octanol–water partition coefficient (Wildman–Crippen LogP) is 29.6. The monoisotopic (exact) mass is 1670 g/mol. The fourth-order valence-corrected chi connectivity index (χ4v) is 26.0. The maximum absolute atomic E-state index is 2.75. The van der Waals surface area contributed by atoms with Gasteiger partial charge in [-0.3, -0.25) is 0 Å². The molecule has 0 aliphatic carbocycles. The van der Waals surface area contributed by atoms with Gasteiger partial charge in [-0.25, -0.2) is 0 Å². The fourth-order valence-electron chi connectivity index (χ4n) is 21.5. The summed E-state index contributed by atoms with van der Waals surface area (Å²) in [5.41, 5.74) is 31.6. The molecule has 586 valence electrons. The van der Waals surface area contributed by atoms with E-state index in [9.17, 15) is 0 Å². The quantitative estimate of drug-likeness (QED) is 0.113. The summed E-state index contributed by atoms with van der Waals surface area (Å²) in [4.78, 5) is 15.9. The Kier molecular flexibility index (Phi) is 16.1. The van der Waals surface area contributed by atoms with Crippen LogP contribution < -0.4 is 62.2 Å². The Morgan fingerprint density at radius 2 is 0.516 bits per heavy atom. The number of para-hydroxylation sites is 6. The number of rotatable bonds is 12. The van der Waals surface area contributed by atoms with Crippen molar-refractivity contribution in [2.24, 2.45) is 0 Å². The van der Waals surface area contributed by atoms with Crippen LogP contribution in [-0.4, -0.2) is 13.4 Å². The lowest BCUT2D eigenvalue weighted by Gasteiger charge is -2.48. The molecule has 19 aromatic carbocycles. The molecule has 12 heteroatoms. The molecular formula is C114H70B2N6S4. The van der Waals surface area contributed by atoms with Crippen LogP contribution in [0.15, 0.2) is 425 Å². The van der Waals surface area contributed by atoms with Crippen LogP contribution in [0.1, 0.15) is 0 Å². The van der Waals surface area contributed by atoms with Gasteiger partial charge in [0, 0.05) is 154 Å². The maximum atomic E-state index is 2.75. The van der Waals surface area contributed by atoms with Gasteiger partial charge in [0.05, 0.1) is 39.8 Å². The summed E-state index contributed by atoms with van der Waals surface area (Å²) >= 11 is 7.50. The van der Waals surface area contributed by atoms with E-state index in [1.54, 1.807) is 0 Å². The maximum Gasteiger partial charge on any atom is 0.252 e. The van der Waals surface area contributed by atoms with Gasteiger partial charge >= 0.3 is 0 Å². The van der Waals surface area contributed by atoms with Crippen LogP contribution in [0.25, 0.3) is 103 Å². The smallest absolute Gasteiger partial charge is 0.252 e. The van der Waals surface area contributed by atoms with Crippen molar-refractivity contribution in [3.63, 3.8) is 0 Å². The zero-order valence-corrected chi connectivity index (χ0v) is 71.2. The summed E-state index contributed by atoms with van der Waals surface area (Å²) in [5.74, 6) is 0. The van der Waals surface area contributed by atoms with Crippen molar-refractivity contribution >= 4 is 275 Å². The minimum atomic E-state index is -0.317. The molecule has 0 unspecified atom stereocenters. The second kappa shape index (κ2) is 28.3. The minimum Gasteiger partial charge on any atom is -0.311 e. The van der Waals surface area contributed by atoms with Crippen molar-refractivity contribution in [3.05, 3.63) is 425 Å². The SMILES string of the molecule is c1ccc(-c2cccc(-c3ccccc3)c2N(c2ccccc2)c2cc3c4c(c2)N(c2cccc5sc6ccccc6c25)c2cc5c(cc2B4c2ccccc2N3c2cccc3sc4ccccc4c23)B2c3ccccc3N(c3ccccc3)c3cc(N(c4ccccc4)c4cccc6sc7ccccc7c46)cc(c32)N5c2cccc3sc4ccccc4c23)cc1. The Labute approximate surface area is 744 Å². The van der Waals surface area contributed by atoms with Crippen LogP contribution in [0.2, 0.25) is 0 Å². The van der Waals surface area contributed by atoms with Gasteiger partial charge in [0.25, 0.3) is 13.4 Å². The van der Waals surface area contributed by atoms with E-state index in [4.69, 9.17) is 0 Å².